The molecule has 0 bridgehead atoms. The van der Waals surface area contributed by atoms with E-state index in [9.17, 15) is 9.59 Å². The van der Waals surface area contributed by atoms with Crippen LogP contribution < -0.4 is 14.4 Å². The molecule has 1 aliphatic heterocycles. The van der Waals surface area contributed by atoms with Gasteiger partial charge in [0.15, 0.2) is 22.3 Å². The Labute approximate surface area is 198 Å². The lowest BCUT2D eigenvalue weighted by atomic mass is 10.2. The van der Waals surface area contributed by atoms with E-state index in [1.165, 1.54) is 43.5 Å². The Morgan fingerprint density at radius 1 is 1.15 bits per heavy atom. The molecule has 0 radical (unpaired) electrons. The molecule has 10 heteroatoms. The quantitative estimate of drug-likeness (QED) is 0.368. The van der Waals surface area contributed by atoms with E-state index in [1.807, 2.05) is 0 Å². The highest BCUT2D eigenvalue weighted by Crippen LogP contribution is 2.32. The molecular weight excluding hydrogens is 466 g/mol. The Morgan fingerprint density at radius 2 is 1.94 bits per heavy atom. The third kappa shape index (κ3) is 4.74. The van der Waals surface area contributed by atoms with E-state index in [0.29, 0.717) is 38.6 Å². The van der Waals surface area contributed by atoms with Crippen molar-refractivity contribution in [3.63, 3.8) is 0 Å². The van der Waals surface area contributed by atoms with Gasteiger partial charge in [0.2, 0.25) is 11.8 Å². The Kier molecular flexibility index (Phi) is 6.43. The number of nitrogens with zero attached hydrogens (tertiary/aromatic N) is 3. The van der Waals surface area contributed by atoms with Crippen LogP contribution in [-0.4, -0.2) is 37.0 Å². The van der Waals surface area contributed by atoms with Gasteiger partial charge in [0, 0.05) is 22.9 Å². The number of ether oxygens (including phenoxy) is 3. The molecule has 168 valence electrons. The van der Waals surface area contributed by atoms with Crippen LogP contribution in [0.25, 0.3) is 6.08 Å². The maximum absolute atomic E-state index is 12.4. The molecule has 8 nitrogen and oxygen atoms in total. The number of hydrogen-bond acceptors (Lipinski definition) is 8. The average Bonchev–Trinajstić information content (AvgIpc) is 3.40. The van der Waals surface area contributed by atoms with Crippen molar-refractivity contribution in [1.29, 1.82) is 0 Å². The number of halogens is 1. The third-order valence-electron chi connectivity index (χ3n) is 4.62. The highest BCUT2D eigenvalue weighted by Gasteiger charge is 2.26. The minimum absolute atomic E-state index is 0.0914. The van der Waals surface area contributed by atoms with E-state index in [0.717, 1.165) is 0 Å². The number of rotatable bonds is 6. The lowest BCUT2D eigenvalue weighted by Gasteiger charge is -2.18. The summed E-state index contributed by atoms with van der Waals surface area (Å²) in [6.07, 6.45) is 1.51. The van der Waals surface area contributed by atoms with Crippen LogP contribution >= 0.6 is 22.9 Å². The first kappa shape index (κ1) is 22.5. The predicted molar refractivity (Wildman–Crippen MR) is 127 cm³/mol. The number of amides is 1. The average molecular weight is 484 g/mol. The molecular formula is C23H18ClN3O5S. The lowest BCUT2D eigenvalue weighted by molar-refractivity contribution is -0.130. The normalized spacial score (nSPS) is 14.1. The first-order valence-electron chi connectivity index (χ1n) is 9.66. The largest absolute Gasteiger partial charge is 0.493 e. The molecule has 2 heterocycles. The first-order chi connectivity index (χ1) is 15.9. The van der Waals surface area contributed by atoms with E-state index in [2.05, 4.69) is 9.98 Å². The Morgan fingerprint density at radius 3 is 2.64 bits per heavy atom. The van der Waals surface area contributed by atoms with Gasteiger partial charge in [0.1, 0.15) is 0 Å². The molecule has 0 spiro atoms. The zero-order chi connectivity index (χ0) is 23.5. The van der Waals surface area contributed by atoms with Gasteiger partial charge in [0.25, 0.3) is 0 Å². The molecule has 3 aromatic rings. The standard InChI is InChI=1S/C23H18ClN3O5S/c1-13(28)27(17-6-4-5-15(24)10-17)23-25-16(12-33-23)11-18-22(29)32-21(26-18)14-7-8-19(30-2)20(9-14)31-3/h4-12H,1-3H3/b18-11+. The molecule has 0 saturated heterocycles. The van der Waals surface area contributed by atoms with Crippen molar-refractivity contribution in [1.82, 2.24) is 4.98 Å². The molecule has 0 N–H and O–H groups in total. The van der Waals surface area contributed by atoms with Crippen molar-refractivity contribution < 1.29 is 23.8 Å². The van der Waals surface area contributed by atoms with Gasteiger partial charge in [-0.2, -0.15) is 0 Å². The Balaban J connectivity index is 1.63. The van der Waals surface area contributed by atoms with Gasteiger partial charge in [-0.05, 0) is 42.5 Å². The maximum atomic E-state index is 12.4. The molecule has 0 saturated carbocycles. The Bertz CT molecular complexity index is 1300. The summed E-state index contributed by atoms with van der Waals surface area (Å²) in [5.74, 6) is 0.353. The highest BCUT2D eigenvalue weighted by molar-refractivity contribution is 7.14. The van der Waals surface area contributed by atoms with Gasteiger partial charge in [-0.1, -0.05) is 17.7 Å². The number of anilines is 2. The van der Waals surface area contributed by atoms with Gasteiger partial charge in [0.05, 0.1) is 25.6 Å². The molecule has 4 rings (SSSR count). The van der Waals surface area contributed by atoms with Crippen molar-refractivity contribution in [2.24, 2.45) is 4.99 Å². The number of cyclic esters (lactones) is 1. The third-order valence-corrected chi connectivity index (χ3v) is 5.70. The van der Waals surface area contributed by atoms with E-state index < -0.39 is 5.97 Å². The number of thiazole rings is 1. The highest BCUT2D eigenvalue weighted by atomic mass is 35.5. The molecule has 1 aliphatic rings. The SMILES string of the molecule is COc1ccc(C2=N/C(=C/c3csc(N(C(C)=O)c4cccc(Cl)c4)n3)C(=O)O2)cc1OC. The molecule has 33 heavy (non-hydrogen) atoms. The monoisotopic (exact) mass is 483 g/mol. The fourth-order valence-electron chi connectivity index (χ4n) is 3.13. The van der Waals surface area contributed by atoms with Gasteiger partial charge in [-0.15, -0.1) is 11.3 Å². The summed E-state index contributed by atoms with van der Waals surface area (Å²) >= 11 is 7.32. The van der Waals surface area contributed by atoms with E-state index >= 15 is 0 Å². The molecule has 1 amide bonds. The number of hydrogen-bond donors (Lipinski definition) is 0. The van der Waals surface area contributed by atoms with Crippen molar-refractivity contribution in [2.45, 2.75) is 6.92 Å². The molecule has 0 fully saturated rings. The lowest BCUT2D eigenvalue weighted by Crippen LogP contribution is -2.22. The maximum Gasteiger partial charge on any atom is 0.363 e. The summed E-state index contributed by atoms with van der Waals surface area (Å²) in [7, 11) is 3.05. The van der Waals surface area contributed by atoms with Crippen LogP contribution in [0.15, 0.2) is 58.5 Å². The summed E-state index contributed by atoms with van der Waals surface area (Å²) in [4.78, 5) is 34.9. The molecule has 0 aliphatic carbocycles. The van der Waals surface area contributed by atoms with Crippen LogP contribution in [-0.2, 0) is 14.3 Å². The van der Waals surface area contributed by atoms with Crippen LogP contribution in [0, 0.1) is 0 Å². The van der Waals surface area contributed by atoms with Crippen LogP contribution in [0.2, 0.25) is 5.02 Å². The number of esters is 1. The first-order valence-corrected chi connectivity index (χ1v) is 10.9. The van der Waals surface area contributed by atoms with Crippen LogP contribution in [0.4, 0.5) is 10.8 Å². The summed E-state index contributed by atoms with van der Waals surface area (Å²) in [5.41, 5.74) is 1.71. The van der Waals surface area contributed by atoms with Crippen molar-refractivity contribution in [3.8, 4) is 11.5 Å². The van der Waals surface area contributed by atoms with Crippen LogP contribution in [0.1, 0.15) is 18.2 Å². The minimum Gasteiger partial charge on any atom is -0.493 e. The zero-order valence-corrected chi connectivity index (χ0v) is 19.4. The fraction of sp³-hybridized carbons (Fsp3) is 0.130. The second-order valence-corrected chi connectivity index (χ2v) is 8.07. The minimum atomic E-state index is -0.604. The predicted octanol–water partition coefficient (Wildman–Crippen LogP) is 4.84. The van der Waals surface area contributed by atoms with Crippen molar-refractivity contribution in [3.05, 3.63) is 69.8 Å². The second-order valence-electron chi connectivity index (χ2n) is 6.80. The van der Waals surface area contributed by atoms with Crippen molar-refractivity contribution >= 4 is 57.6 Å². The van der Waals surface area contributed by atoms with Gasteiger partial charge in [-0.3, -0.25) is 9.69 Å². The number of aliphatic imine (C=N–C) groups is 1. The number of carbonyl (C=O) groups excluding carboxylic acids is 2. The number of carbonyl (C=O) groups is 2. The number of benzene rings is 2. The van der Waals surface area contributed by atoms with E-state index in [1.54, 1.807) is 47.8 Å². The van der Waals surface area contributed by atoms with Crippen molar-refractivity contribution in [2.75, 3.05) is 19.1 Å². The zero-order valence-electron chi connectivity index (χ0n) is 17.9. The summed E-state index contributed by atoms with van der Waals surface area (Å²) in [6.45, 7) is 1.44. The van der Waals surface area contributed by atoms with Gasteiger partial charge in [-0.25, -0.2) is 14.8 Å². The van der Waals surface area contributed by atoms with Gasteiger partial charge >= 0.3 is 5.97 Å². The smallest absolute Gasteiger partial charge is 0.363 e. The van der Waals surface area contributed by atoms with E-state index in [-0.39, 0.29) is 17.5 Å². The summed E-state index contributed by atoms with van der Waals surface area (Å²) in [6, 6.07) is 12.0. The second kappa shape index (κ2) is 9.43. The number of aromatic nitrogens is 1. The van der Waals surface area contributed by atoms with Crippen LogP contribution in [0.5, 0.6) is 11.5 Å². The van der Waals surface area contributed by atoms with E-state index in [4.69, 9.17) is 25.8 Å². The Hall–Kier alpha value is -3.69. The van der Waals surface area contributed by atoms with Gasteiger partial charge < -0.3 is 14.2 Å². The molecule has 2 aromatic carbocycles. The topological polar surface area (TPSA) is 90.3 Å². The molecule has 0 atom stereocenters. The number of methoxy groups -OCH3 is 2. The van der Waals surface area contributed by atoms with Crippen LogP contribution in [0.3, 0.4) is 0 Å². The molecule has 1 aromatic heterocycles. The fourth-order valence-corrected chi connectivity index (χ4v) is 4.16. The summed E-state index contributed by atoms with van der Waals surface area (Å²) < 4.78 is 15.8. The summed E-state index contributed by atoms with van der Waals surface area (Å²) in [5, 5.41) is 2.66. The molecule has 0 unspecified atom stereocenters.